The highest BCUT2D eigenvalue weighted by molar-refractivity contribution is 6.72. The van der Waals surface area contributed by atoms with Crippen LogP contribution in [0.15, 0.2) is 11.6 Å². The molecule has 0 aromatic heterocycles. The first-order valence-corrected chi connectivity index (χ1v) is 9.02. The molecule has 0 aliphatic rings. The van der Waals surface area contributed by atoms with Crippen LogP contribution in [-0.4, -0.2) is 25.4 Å². The van der Waals surface area contributed by atoms with Gasteiger partial charge in [-0.3, -0.25) is 4.79 Å². The highest BCUT2D eigenvalue weighted by Gasteiger charge is 2.25. The van der Waals surface area contributed by atoms with E-state index in [9.17, 15) is 9.59 Å². The molecule has 1 N–H and O–H groups in total. The molecule has 98 valence electrons. The number of hydrogen-bond donors (Lipinski definition) is 1. The molecule has 5 heteroatoms. The summed E-state index contributed by atoms with van der Waals surface area (Å²) in [5.74, 6) is -1.32. The topological polar surface area (TPSA) is 63.6 Å². The van der Waals surface area contributed by atoms with Gasteiger partial charge in [-0.15, -0.1) is 0 Å². The van der Waals surface area contributed by atoms with Crippen LogP contribution in [0.5, 0.6) is 0 Å². The molecule has 0 atom stereocenters. The van der Waals surface area contributed by atoms with Crippen molar-refractivity contribution < 1.29 is 19.1 Å². The Morgan fingerprint density at radius 3 is 2.41 bits per heavy atom. The van der Waals surface area contributed by atoms with Crippen LogP contribution in [0.25, 0.3) is 0 Å². The van der Waals surface area contributed by atoms with Crippen LogP contribution in [-0.2, 0) is 14.0 Å². The van der Waals surface area contributed by atoms with E-state index in [4.69, 9.17) is 9.53 Å². The van der Waals surface area contributed by atoms with Crippen LogP contribution in [0.3, 0.4) is 0 Å². The van der Waals surface area contributed by atoms with Crippen LogP contribution in [0.2, 0.25) is 19.1 Å². The SMILES string of the molecule is CCCC[Si](C)(C)OC(=O)CC=C(C)C(=O)O. The van der Waals surface area contributed by atoms with Crippen molar-refractivity contribution in [3.05, 3.63) is 11.6 Å². The number of carboxylic acids is 1. The summed E-state index contributed by atoms with van der Waals surface area (Å²) in [6.07, 6.45) is 3.60. The zero-order valence-corrected chi connectivity index (χ0v) is 12.1. The van der Waals surface area contributed by atoms with E-state index in [0.717, 1.165) is 18.9 Å². The predicted octanol–water partition coefficient (Wildman–Crippen LogP) is 2.96. The summed E-state index contributed by atoms with van der Waals surface area (Å²) in [5.41, 5.74) is 0.176. The van der Waals surface area contributed by atoms with Crippen molar-refractivity contribution in [1.82, 2.24) is 0 Å². The molecule has 0 fully saturated rings. The zero-order chi connectivity index (χ0) is 13.5. The van der Waals surface area contributed by atoms with E-state index in [0.29, 0.717) is 0 Å². The molecule has 0 saturated carbocycles. The number of unbranched alkanes of at least 4 members (excludes halogenated alkanes) is 1. The molecule has 0 aliphatic carbocycles. The Bertz CT molecular complexity index is 308. The molecule has 0 aromatic rings. The first-order valence-electron chi connectivity index (χ1n) is 5.90. The van der Waals surface area contributed by atoms with Gasteiger partial charge in [0.15, 0.2) is 0 Å². The summed E-state index contributed by atoms with van der Waals surface area (Å²) in [5, 5.41) is 8.63. The molecule has 0 radical (unpaired) electrons. The molecular formula is C12H22O4Si. The number of carboxylic acid groups (broad SMARTS) is 1. The summed E-state index contributed by atoms with van der Waals surface area (Å²) >= 11 is 0. The molecular weight excluding hydrogens is 236 g/mol. The minimum absolute atomic E-state index is 0.0423. The van der Waals surface area contributed by atoms with E-state index >= 15 is 0 Å². The monoisotopic (exact) mass is 258 g/mol. The molecule has 0 aromatic carbocycles. The average Bonchev–Trinajstić information content (AvgIpc) is 2.22. The zero-order valence-electron chi connectivity index (χ0n) is 11.1. The van der Waals surface area contributed by atoms with Crippen molar-refractivity contribution in [3.63, 3.8) is 0 Å². The van der Waals surface area contributed by atoms with Gasteiger partial charge >= 0.3 is 5.97 Å². The van der Waals surface area contributed by atoms with Crippen LogP contribution in [0.4, 0.5) is 0 Å². The fourth-order valence-corrected chi connectivity index (χ4v) is 3.33. The molecule has 0 heterocycles. The number of aliphatic carboxylic acids is 1. The minimum atomic E-state index is -1.91. The molecule has 0 amide bonds. The summed E-state index contributed by atoms with van der Waals surface area (Å²) < 4.78 is 5.43. The lowest BCUT2D eigenvalue weighted by Gasteiger charge is -2.22. The Kier molecular flexibility index (Phi) is 6.80. The maximum Gasteiger partial charge on any atom is 0.330 e. The van der Waals surface area contributed by atoms with Crippen molar-refractivity contribution in [2.45, 2.75) is 52.2 Å². The fraction of sp³-hybridized carbons (Fsp3) is 0.667. The second-order valence-electron chi connectivity index (χ2n) is 4.73. The van der Waals surface area contributed by atoms with Gasteiger partial charge in [-0.25, -0.2) is 4.79 Å². The van der Waals surface area contributed by atoms with Crippen molar-refractivity contribution in [3.8, 4) is 0 Å². The number of carbonyl (C=O) groups excluding carboxylic acids is 1. The summed E-state index contributed by atoms with van der Waals surface area (Å²) in [6, 6.07) is 0.955. The Balaban J connectivity index is 4.18. The average molecular weight is 258 g/mol. The lowest BCUT2D eigenvalue weighted by molar-refractivity contribution is -0.134. The third-order valence-electron chi connectivity index (χ3n) is 2.43. The van der Waals surface area contributed by atoms with Gasteiger partial charge < -0.3 is 9.53 Å². The Labute approximate surface area is 104 Å². The maximum absolute atomic E-state index is 11.5. The predicted molar refractivity (Wildman–Crippen MR) is 69.3 cm³/mol. The van der Waals surface area contributed by atoms with Crippen molar-refractivity contribution >= 4 is 20.3 Å². The van der Waals surface area contributed by atoms with E-state index in [-0.39, 0.29) is 18.0 Å². The lowest BCUT2D eigenvalue weighted by Crippen LogP contribution is -2.32. The van der Waals surface area contributed by atoms with Crippen molar-refractivity contribution in [2.24, 2.45) is 0 Å². The van der Waals surface area contributed by atoms with Crippen LogP contribution in [0.1, 0.15) is 33.1 Å². The maximum atomic E-state index is 11.5. The number of rotatable bonds is 7. The quantitative estimate of drug-likeness (QED) is 0.563. The standard InChI is InChI=1S/C12H22O4Si/c1-5-6-9-17(3,4)16-11(13)8-7-10(2)12(14)15/h7H,5-6,8-9H2,1-4H3,(H,14,15). The molecule has 0 unspecified atom stereocenters. The first-order chi connectivity index (χ1) is 7.78. The Morgan fingerprint density at radius 2 is 1.94 bits per heavy atom. The third-order valence-corrected chi connectivity index (χ3v) is 4.77. The lowest BCUT2D eigenvalue weighted by atomic mass is 10.2. The van der Waals surface area contributed by atoms with Crippen molar-refractivity contribution in [2.75, 3.05) is 0 Å². The van der Waals surface area contributed by atoms with Gasteiger partial charge in [-0.05, 0) is 26.1 Å². The second kappa shape index (κ2) is 7.27. The molecule has 0 aliphatic heterocycles. The van der Waals surface area contributed by atoms with Crippen LogP contribution in [0, 0.1) is 0 Å². The summed E-state index contributed by atoms with van der Waals surface area (Å²) in [4.78, 5) is 22.1. The van der Waals surface area contributed by atoms with E-state index in [1.165, 1.54) is 13.0 Å². The Morgan fingerprint density at radius 1 is 1.35 bits per heavy atom. The Hall–Kier alpha value is -1.10. The van der Waals surface area contributed by atoms with Gasteiger partial charge in [0, 0.05) is 5.57 Å². The summed E-state index contributed by atoms with van der Waals surface area (Å²) in [6.45, 7) is 7.59. The van der Waals surface area contributed by atoms with Gasteiger partial charge in [0.25, 0.3) is 5.97 Å². The molecule has 17 heavy (non-hydrogen) atoms. The van der Waals surface area contributed by atoms with Crippen molar-refractivity contribution in [1.29, 1.82) is 0 Å². The molecule has 0 spiro atoms. The van der Waals surface area contributed by atoms with E-state index < -0.39 is 14.3 Å². The van der Waals surface area contributed by atoms with E-state index in [1.807, 2.05) is 13.1 Å². The minimum Gasteiger partial charge on any atom is -0.519 e. The molecule has 0 bridgehead atoms. The van der Waals surface area contributed by atoms with Crippen LogP contribution >= 0.6 is 0 Å². The van der Waals surface area contributed by atoms with Gasteiger partial charge in [-0.1, -0.05) is 25.8 Å². The largest absolute Gasteiger partial charge is 0.519 e. The van der Waals surface area contributed by atoms with E-state index in [1.54, 1.807) is 0 Å². The van der Waals surface area contributed by atoms with Crippen LogP contribution < -0.4 is 0 Å². The number of hydrogen-bond acceptors (Lipinski definition) is 3. The van der Waals surface area contributed by atoms with Gasteiger partial charge in [0.1, 0.15) is 0 Å². The highest BCUT2D eigenvalue weighted by atomic mass is 28.4. The first kappa shape index (κ1) is 15.9. The third kappa shape index (κ3) is 7.74. The molecule has 4 nitrogen and oxygen atoms in total. The van der Waals surface area contributed by atoms with Gasteiger partial charge in [0.05, 0.1) is 6.42 Å². The highest BCUT2D eigenvalue weighted by Crippen LogP contribution is 2.16. The second-order valence-corrected chi connectivity index (χ2v) is 8.96. The number of carbonyl (C=O) groups is 2. The smallest absolute Gasteiger partial charge is 0.330 e. The molecule has 0 rings (SSSR count). The normalized spacial score (nSPS) is 12.4. The summed E-state index contributed by atoms with van der Waals surface area (Å²) in [7, 11) is -1.91. The van der Waals surface area contributed by atoms with Gasteiger partial charge in [-0.2, -0.15) is 0 Å². The van der Waals surface area contributed by atoms with Gasteiger partial charge in [0.2, 0.25) is 8.32 Å². The fourth-order valence-electron chi connectivity index (χ4n) is 1.33. The van der Waals surface area contributed by atoms with E-state index in [2.05, 4.69) is 6.92 Å². The molecule has 0 saturated heterocycles.